The highest BCUT2D eigenvalue weighted by Gasteiger charge is 2.55. The molecule has 0 amide bonds. The maximum atomic E-state index is 6.57. The second kappa shape index (κ2) is 7.77. The zero-order valence-corrected chi connectivity index (χ0v) is 24.4. The molecule has 41 heavy (non-hydrogen) atoms. The van der Waals surface area contributed by atoms with Gasteiger partial charge >= 0.3 is 7.12 Å². The van der Waals surface area contributed by atoms with Gasteiger partial charge in [-0.1, -0.05) is 91.0 Å². The van der Waals surface area contributed by atoms with Gasteiger partial charge in [0, 0.05) is 20.2 Å². The van der Waals surface area contributed by atoms with E-state index in [0.717, 1.165) is 5.46 Å². The Morgan fingerprint density at radius 2 is 1.20 bits per heavy atom. The molecule has 0 unspecified atom stereocenters. The highest BCUT2D eigenvalue weighted by molar-refractivity contribution is 7.26. The van der Waals surface area contributed by atoms with Crippen LogP contribution in [-0.2, 0) is 14.7 Å². The Balaban J connectivity index is 1.42. The molecule has 1 aromatic heterocycles. The van der Waals surface area contributed by atoms with E-state index in [4.69, 9.17) is 9.31 Å². The van der Waals surface area contributed by atoms with Gasteiger partial charge < -0.3 is 9.31 Å². The minimum atomic E-state index is -0.417. The summed E-state index contributed by atoms with van der Waals surface area (Å²) in [6.45, 7) is 8.50. The van der Waals surface area contributed by atoms with E-state index in [1.165, 1.54) is 64.7 Å². The van der Waals surface area contributed by atoms with E-state index in [1.54, 1.807) is 0 Å². The number of hydrogen-bond acceptors (Lipinski definition) is 3. The Morgan fingerprint density at radius 3 is 1.90 bits per heavy atom. The lowest BCUT2D eigenvalue weighted by atomic mass is 9.68. The van der Waals surface area contributed by atoms with E-state index in [1.807, 2.05) is 11.3 Å². The van der Waals surface area contributed by atoms with Crippen LogP contribution < -0.4 is 5.46 Å². The number of rotatable bonds is 1. The van der Waals surface area contributed by atoms with Crippen LogP contribution in [0.5, 0.6) is 0 Å². The van der Waals surface area contributed by atoms with E-state index in [2.05, 4.69) is 131 Å². The van der Waals surface area contributed by atoms with Gasteiger partial charge in [0.2, 0.25) is 0 Å². The first-order chi connectivity index (χ1) is 19.8. The van der Waals surface area contributed by atoms with Crippen LogP contribution in [0.3, 0.4) is 0 Å². The lowest BCUT2D eigenvalue weighted by Gasteiger charge is -2.32. The molecule has 6 aromatic rings. The maximum Gasteiger partial charge on any atom is 0.494 e. The van der Waals surface area contributed by atoms with Gasteiger partial charge in [-0.05, 0) is 89.8 Å². The molecule has 0 saturated carbocycles. The smallest absolute Gasteiger partial charge is 0.399 e. The monoisotopic (exact) mass is 548 g/mol. The van der Waals surface area contributed by atoms with Crippen molar-refractivity contribution in [1.29, 1.82) is 0 Å². The van der Waals surface area contributed by atoms with Crippen molar-refractivity contribution in [3.8, 4) is 22.3 Å². The van der Waals surface area contributed by atoms with Crippen LogP contribution >= 0.6 is 11.3 Å². The Kier molecular flexibility index (Phi) is 4.54. The van der Waals surface area contributed by atoms with Crippen molar-refractivity contribution in [1.82, 2.24) is 0 Å². The van der Waals surface area contributed by atoms with Crippen molar-refractivity contribution in [3.05, 3.63) is 125 Å². The molecule has 5 aromatic carbocycles. The van der Waals surface area contributed by atoms with Crippen LogP contribution in [0.25, 0.3) is 42.4 Å². The predicted molar refractivity (Wildman–Crippen MR) is 171 cm³/mol. The third-order valence-corrected chi connectivity index (χ3v) is 11.3. The summed E-state index contributed by atoms with van der Waals surface area (Å²) in [5.74, 6) is 0. The van der Waals surface area contributed by atoms with Gasteiger partial charge in [0.15, 0.2) is 0 Å². The summed E-state index contributed by atoms with van der Waals surface area (Å²) in [5.41, 5.74) is 10.6. The van der Waals surface area contributed by atoms with E-state index in [-0.39, 0.29) is 0 Å². The topological polar surface area (TPSA) is 18.5 Å². The summed E-state index contributed by atoms with van der Waals surface area (Å²) in [6, 6.07) is 38.5. The molecule has 0 atom stereocenters. The van der Waals surface area contributed by atoms with E-state index < -0.39 is 23.7 Å². The highest BCUT2D eigenvalue weighted by Crippen LogP contribution is 2.64. The van der Waals surface area contributed by atoms with Crippen LogP contribution in [0.2, 0.25) is 0 Å². The first kappa shape index (κ1) is 24.0. The first-order valence-electron chi connectivity index (χ1n) is 14.5. The van der Waals surface area contributed by atoms with Crippen LogP contribution in [0.1, 0.15) is 49.9 Å². The number of thiophene rings is 1. The number of benzene rings is 5. The van der Waals surface area contributed by atoms with Crippen molar-refractivity contribution in [2.75, 3.05) is 0 Å². The molecule has 3 aliphatic rings. The molecule has 0 radical (unpaired) electrons. The first-order valence-corrected chi connectivity index (χ1v) is 15.3. The summed E-state index contributed by atoms with van der Waals surface area (Å²) in [6.07, 6.45) is 0. The molecule has 1 aliphatic heterocycles. The van der Waals surface area contributed by atoms with Gasteiger partial charge in [0.25, 0.3) is 0 Å². The lowest BCUT2D eigenvalue weighted by molar-refractivity contribution is 0.00578. The van der Waals surface area contributed by atoms with Crippen LogP contribution in [0.15, 0.2) is 103 Å². The summed E-state index contributed by atoms with van der Waals surface area (Å²) in [5, 5.41) is 2.70. The molecule has 2 aliphatic carbocycles. The second-order valence-electron chi connectivity index (χ2n) is 12.7. The van der Waals surface area contributed by atoms with Crippen molar-refractivity contribution in [2.24, 2.45) is 0 Å². The highest BCUT2D eigenvalue weighted by atomic mass is 32.1. The van der Waals surface area contributed by atoms with Gasteiger partial charge in [-0.15, -0.1) is 11.3 Å². The maximum absolute atomic E-state index is 6.57. The molecule has 198 valence electrons. The SMILES string of the molecule is CC1(C)OB(c2ccc3c(c2)C2(c4ccccc4-c4ccccc42)c2ccc4sc5ccccc5c4c2-3)OC1(C)C. The van der Waals surface area contributed by atoms with Crippen molar-refractivity contribution >= 4 is 44.1 Å². The average Bonchev–Trinajstić information content (AvgIpc) is 3.65. The lowest BCUT2D eigenvalue weighted by Crippen LogP contribution is -2.41. The van der Waals surface area contributed by atoms with E-state index in [0.29, 0.717) is 0 Å². The van der Waals surface area contributed by atoms with Crippen LogP contribution in [-0.4, -0.2) is 18.3 Å². The zero-order chi connectivity index (χ0) is 27.7. The molecule has 0 bridgehead atoms. The van der Waals surface area contributed by atoms with Crippen LogP contribution in [0.4, 0.5) is 0 Å². The third kappa shape index (κ3) is 2.86. The average molecular weight is 549 g/mol. The predicted octanol–water partition coefficient (Wildman–Crippen LogP) is 8.70. The molecule has 1 spiro atoms. The Labute approximate surface area is 244 Å². The normalized spacial score (nSPS) is 18.6. The summed E-state index contributed by atoms with van der Waals surface area (Å²) >= 11 is 1.89. The fourth-order valence-corrected chi connectivity index (χ4v) is 8.70. The molecule has 2 heterocycles. The molecule has 1 saturated heterocycles. The van der Waals surface area contributed by atoms with Crippen molar-refractivity contribution in [3.63, 3.8) is 0 Å². The fourth-order valence-electron chi connectivity index (χ4n) is 7.59. The second-order valence-corrected chi connectivity index (χ2v) is 13.8. The Bertz CT molecular complexity index is 2020. The largest absolute Gasteiger partial charge is 0.494 e. The van der Waals surface area contributed by atoms with Crippen molar-refractivity contribution < 1.29 is 9.31 Å². The standard InChI is InChI=1S/C37H29BO2S/c1-35(2)36(3,4)40-38(39-35)22-17-18-25-30(21-22)37(27-14-8-5-11-23(27)24-12-6-9-15-28(24)37)29-19-20-32-34(33(25)29)26-13-7-10-16-31(26)41-32/h5-21H,1-4H3. The minimum absolute atomic E-state index is 0.397. The Hall–Kier alpha value is -3.70. The van der Waals surface area contributed by atoms with E-state index in [9.17, 15) is 0 Å². The van der Waals surface area contributed by atoms with Crippen LogP contribution in [0, 0.1) is 0 Å². The summed E-state index contributed by atoms with van der Waals surface area (Å²) < 4.78 is 15.8. The quantitative estimate of drug-likeness (QED) is 0.191. The van der Waals surface area contributed by atoms with Gasteiger partial charge in [-0.2, -0.15) is 0 Å². The third-order valence-electron chi connectivity index (χ3n) is 10.1. The zero-order valence-electron chi connectivity index (χ0n) is 23.6. The fraction of sp³-hybridized carbons (Fsp3) is 0.189. The number of fused-ring (bicyclic) bond motifs is 14. The molecular weight excluding hydrogens is 519 g/mol. The van der Waals surface area contributed by atoms with Gasteiger partial charge in [-0.3, -0.25) is 0 Å². The van der Waals surface area contributed by atoms with Gasteiger partial charge in [-0.25, -0.2) is 0 Å². The molecule has 0 N–H and O–H groups in total. The van der Waals surface area contributed by atoms with Gasteiger partial charge in [0.05, 0.1) is 16.6 Å². The van der Waals surface area contributed by atoms with E-state index >= 15 is 0 Å². The summed E-state index contributed by atoms with van der Waals surface area (Å²) in [4.78, 5) is 0. The minimum Gasteiger partial charge on any atom is -0.399 e. The molecule has 2 nitrogen and oxygen atoms in total. The Morgan fingerprint density at radius 1 is 0.561 bits per heavy atom. The van der Waals surface area contributed by atoms with Crippen molar-refractivity contribution in [2.45, 2.75) is 44.3 Å². The molecular formula is C37H29BO2S. The number of hydrogen-bond donors (Lipinski definition) is 0. The summed E-state index contributed by atoms with van der Waals surface area (Å²) in [7, 11) is -0.417. The molecule has 9 rings (SSSR count). The van der Waals surface area contributed by atoms with Gasteiger partial charge in [0.1, 0.15) is 0 Å². The molecule has 4 heteroatoms. The molecule has 1 fully saturated rings.